The molecule has 1 saturated heterocycles. The lowest BCUT2D eigenvalue weighted by Crippen LogP contribution is -2.28. The minimum atomic E-state index is -0.874. The van der Waals surface area contributed by atoms with Gasteiger partial charge in [-0.3, -0.25) is 9.59 Å². The molecule has 1 aromatic rings. The third kappa shape index (κ3) is 3.94. The standard InChI is InChI=1S/C17H21NO3/c1-12-4-6-13(7-5-12)15(19)8-14-9-17(2,3)11-18(14)10-16(20)21/h4-8H,9-11H2,1-3H3,(H,20,21)/b14-8+. The molecule has 0 spiro atoms. The quantitative estimate of drug-likeness (QED) is 0.683. The molecule has 0 aromatic heterocycles. The lowest BCUT2D eigenvalue weighted by Gasteiger charge is -2.19. The van der Waals surface area contributed by atoms with Gasteiger partial charge in [0.15, 0.2) is 5.78 Å². The largest absolute Gasteiger partial charge is 0.480 e. The molecule has 1 aromatic carbocycles. The molecule has 4 heteroatoms. The first-order valence-corrected chi connectivity index (χ1v) is 7.05. The molecule has 0 saturated carbocycles. The van der Waals surface area contributed by atoms with Crippen LogP contribution in [-0.4, -0.2) is 34.8 Å². The van der Waals surface area contributed by atoms with Gasteiger partial charge in [-0.15, -0.1) is 0 Å². The van der Waals surface area contributed by atoms with E-state index < -0.39 is 5.97 Å². The summed E-state index contributed by atoms with van der Waals surface area (Å²) in [5.74, 6) is -0.945. The molecule has 0 aliphatic carbocycles. The summed E-state index contributed by atoms with van der Waals surface area (Å²) in [6.07, 6.45) is 2.31. The van der Waals surface area contributed by atoms with E-state index in [0.29, 0.717) is 12.1 Å². The molecule has 0 amide bonds. The molecule has 0 atom stereocenters. The fourth-order valence-electron chi connectivity index (χ4n) is 2.69. The van der Waals surface area contributed by atoms with Crippen molar-refractivity contribution in [1.29, 1.82) is 0 Å². The highest BCUT2D eigenvalue weighted by atomic mass is 16.4. The molecule has 1 aliphatic rings. The van der Waals surface area contributed by atoms with Crippen LogP contribution in [0.5, 0.6) is 0 Å². The number of aliphatic carboxylic acids is 1. The Morgan fingerprint density at radius 1 is 1.29 bits per heavy atom. The van der Waals surface area contributed by atoms with E-state index in [1.807, 2.05) is 19.1 Å². The number of hydrogen-bond donors (Lipinski definition) is 1. The van der Waals surface area contributed by atoms with Crippen molar-refractivity contribution < 1.29 is 14.7 Å². The Morgan fingerprint density at radius 3 is 2.48 bits per heavy atom. The monoisotopic (exact) mass is 287 g/mol. The van der Waals surface area contributed by atoms with E-state index >= 15 is 0 Å². The maximum Gasteiger partial charge on any atom is 0.323 e. The third-order valence-corrected chi connectivity index (χ3v) is 3.64. The van der Waals surface area contributed by atoms with E-state index in [4.69, 9.17) is 5.11 Å². The van der Waals surface area contributed by atoms with Gasteiger partial charge < -0.3 is 10.0 Å². The average Bonchev–Trinajstić information content (AvgIpc) is 2.63. The van der Waals surface area contributed by atoms with E-state index in [-0.39, 0.29) is 17.7 Å². The summed E-state index contributed by atoms with van der Waals surface area (Å²) in [6.45, 7) is 6.74. The Hall–Kier alpha value is -2.10. The van der Waals surface area contributed by atoms with E-state index in [1.165, 1.54) is 0 Å². The van der Waals surface area contributed by atoms with Crippen LogP contribution in [0.2, 0.25) is 0 Å². The predicted octanol–water partition coefficient (Wildman–Crippen LogP) is 2.88. The highest BCUT2D eigenvalue weighted by Gasteiger charge is 2.34. The Balaban J connectivity index is 2.22. The molecule has 112 valence electrons. The van der Waals surface area contributed by atoms with Crippen molar-refractivity contribution in [3.8, 4) is 0 Å². The zero-order valence-corrected chi connectivity index (χ0v) is 12.7. The van der Waals surface area contributed by atoms with E-state index in [1.54, 1.807) is 23.1 Å². The second-order valence-corrected chi connectivity index (χ2v) is 6.46. The van der Waals surface area contributed by atoms with Gasteiger partial charge in [-0.1, -0.05) is 43.7 Å². The number of carbonyl (C=O) groups excluding carboxylic acids is 1. The highest BCUT2D eigenvalue weighted by Crippen LogP contribution is 2.36. The smallest absolute Gasteiger partial charge is 0.323 e. The topological polar surface area (TPSA) is 57.6 Å². The molecule has 1 fully saturated rings. The van der Waals surface area contributed by atoms with Gasteiger partial charge in [-0.2, -0.15) is 0 Å². The van der Waals surface area contributed by atoms with Gasteiger partial charge in [-0.25, -0.2) is 0 Å². The Morgan fingerprint density at radius 2 is 1.90 bits per heavy atom. The van der Waals surface area contributed by atoms with Gasteiger partial charge in [0, 0.05) is 23.9 Å². The number of ketones is 1. The Kier molecular flexibility index (Phi) is 4.16. The number of hydrogen-bond acceptors (Lipinski definition) is 3. The molecule has 0 unspecified atom stereocenters. The van der Waals surface area contributed by atoms with Crippen molar-refractivity contribution in [2.24, 2.45) is 5.41 Å². The molecule has 0 bridgehead atoms. The summed E-state index contributed by atoms with van der Waals surface area (Å²) >= 11 is 0. The molecule has 2 rings (SSSR count). The fourth-order valence-corrected chi connectivity index (χ4v) is 2.69. The van der Waals surface area contributed by atoms with Crippen LogP contribution in [0.25, 0.3) is 0 Å². The fraction of sp³-hybridized carbons (Fsp3) is 0.412. The molecule has 1 N–H and O–H groups in total. The summed E-state index contributed by atoms with van der Waals surface area (Å²) in [5.41, 5.74) is 2.55. The van der Waals surface area contributed by atoms with Crippen molar-refractivity contribution in [2.45, 2.75) is 27.2 Å². The predicted molar refractivity (Wildman–Crippen MR) is 81.2 cm³/mol. The highest BCUT2D eigenvalue weighted by molar-refractivity contribution is 6.04. The Labute approximate surface area is 125 Å². The number of nitrogens with zero attached hydrogens (tertiary/aromatic N) is 1. The average molecular weight is 287 g/mol. The maximum absolute atomic E-state index is 12.3. The minimum Gasteiger partial charge on any atom is -0.480 e. The molecule has 4 nitrogen and oxygen atoms in total. The number of likely N-dealkylation sites (tertiary alicyclic amines) is 1. The summed E-state index contributed by atoms with van der Waals surface area (Å²) in [5, 5.41) is 8.99. The van der Waals surface area contributed by atoms with Crippen LogP contribution >= 0.6 is 0 Å². The zero-order chi connectivity index (χ0) is 15.6. The number of rotatable bonds is 4. The van der Waals surface area contributed by atoms with Crippen molar-refractivity contribution in [3.05, 3.63) is 47.2 Å². The molecule has 1 aliphatic heterocycles. The summed E-state index contributed by atoms with van der Waals surface area (Å²) in [4.78, 5) is 25.0. The van der Waals surface area contributed by atoms with Crippen molar-refractivity contribution in [3.63, 3.8) is 0 Å². The number of allylic oxidation sites excluding steroid dienone is 2. The summed E-state index contributed by atoms with van der Waals surface area (Å²) < 4.78 is 0. The van der Waals surface area contributed by atoms with E-state index in [9.17, 15) is 9.59 Å². The van der Waals surface area contributed by atoms with Crippen LogP contribution in [-0.2, 0) is 4.79 Å². The zero-order valence-electron chi connectivity index (χ0n) is 12.7. The third-order valence-electron chi connectivity index (χ3n) is 3.64. The number of carbonyl (C=O) groups is 2. The first-order chi connectivity index (χ1) is 9.77. The van der Waals surface area contributed by atoms with Crippen LogP contribution in [0.15, 0.2) is 36.0 Å². The molecule has 21 heavy (non-hydrogen) atoms. The lowest BCUT2D eigenvalue weighted by atomic mass is 9.92. The van der Waals surface area contributed by atoms with Crippen LogP contribution in [0.3, 0.4) is 0 Å². The Bertz CT molecular complexity index is 585. The number of carboxylic acids is 1. The minimum absolute atomic E-state index is 0.00512. The van der Waals surface area contributed by atoms with Crippen LogP contribution in [0, 0.1) is 12.3 Å². The van der Waals surface area contributed by atoms with E-state index in [2.05, 4.69) is 13.8 Å². The summed E-state index contributed by atoms with van der Waals surface area (Å²) in [6, 6.07) is 7.41. The van der Waals surface area contributed by atoms with Gasteiger partial charge >= 0.3 is 5.97 Å². The molecular formula is C17H21NO3. The SMILES string of the molecule is Cc1ccc(C(=O)/C=C2\CC(C)(C)CN2CC(=O)O)cc1. The molecule has 0 radical (unpaired) electrons. The van der Waals surface area contributed by atoms with Gasteiger partial charge in [0.25, 0.3) is 0 Å². The van der Waals surface area contributed by atoms with E-state index in [0.717, 1.165) is 17.7 Å². The van der Waals surface area contributed by atoms with Crippen LogP contribution in [0.1, 0.15) is 36.2 Å². The van der Waals surface area contributed by atoms with Gasteiger partial charge in [0.05, 0.1) is 0 Å². The normalized spacial score (nSPS) is 19.0. The van der Waals surface area contributed by atoms with Crippen LogP contribution < -0.4 is 0 Å². The molecular weight excluding hydrogens is 266 g/mol. The van der Waals surface area contributed by atoms with Crippen molar-refractivity contribution in [1.82, 2.24) is 4.90 Å². The van der Waals surface area contributed by atoms with Gasteiger partial charge in [-0.05, 0) is 18.8 Å². The number of benzene rings is 1. The second-order valence-electron chi connectivity index (χ2n) is 6.46. The molecule has 1 heterocycles. The summed E-state index contributed by atoms with van der Waals surface area (Å²) in [7, 11) is 0. The maximum atomic E-state index is 12.3. The van der Waals surface area contributed by atoms with Crippen molar-refractivity contribution >= 4 is 11.8 Å². The number of aryl methyl sites for hydroxylation is 1. The van der Waals surface area contributed by atoms with Crippen molar-refractivity contribution in [2.75, 3.05) is 13.1 Å². The first-order valence-electron chi connectivity index (χ1n) is 7.05. The lowest BCUT2D eigenvalue weighted by molar-refractivity contribution is -0.137. The first kappa shape index (κ1) is 15.3. The second kappa shape index (κ2) is 5.72. The number of carboxylic acid groups (broad SMARTS) is 1. The van der Waals surface area contributed by atoms with Crippen LogP contribution in [0.4, 0.5) is 0 Å². The van der Waals surface area contributed by atoms with Gasteiger partial charge in [0.2, 0.25) is 0 Å². The van der Waals surface area contributed by atoms with Gasteiger partial charge in [0.1, 0.15) is 6.54 Å².